The Hall–Kier alpha value is -3.50. The smallest absolute Gasteiger partial charge is 0.328 e. The largest absolute Gasteiger partial charge is 0.478 e. The molecule has 0 aliphatic carbocycles. The topological polar surface area (TPSA) is 132 Å². The molecule has 0 spiro atoms. The van der Waals surface area contributed by atoms with E-state index in [1.165, 1.54) is 18.4 Å². The summed E-state index contributed by atoms with van der Waals surface area (Å²) in [6.45, 7) is 3.18. The van der Waals surface area contributed by atoms with Gasteiger partial charge in [-0.25, -0.2) is 22.3 Å². The Labute approximate surface area is 217 Å². The number of hydrogen-bond donors (Lipinski definition) is 2. The van der Waals surface area contributed by atoms with Gasteiger partial charge in [0.25, 0.3) is 5.91 Å². The zero-order valence-corrected chi connectivity index (χ0v) is 21.3. The van der Waals surface area contributed by atoms with E-state index in [1.807, 2.05) is 0 Å². The van der Waals surface area contributed by atoms with Crippen molar-refractivity contribution in [2.45, 2.75) is 31.4 Å². The first-order chi connectivity index (χ1) is 17.7. The molecular formula is C27H32N2O7S. The number of carboxylic acids is 2. The van der Waals surface area contributed by atoms with E-state index in [9.17, 15) is 22.8 Å². The van der Waals surface area contributed by atoms with Crippen LogP contribution in [0.1, 0.15) is 40.7 Å². The Morgan fingerprint density at radius 2 is 1.49 bits per heavy atom. The van der Waals surface area contributed by atoms with Crippen molar-refractivity contribution in [2.75, 3.05) is 26.2 Å². The van der Waals surface area contributed by atoms with Crippen LogP contribution in [-0.4, -0.2) is 71.9 Å². The highest BCUT2D eigenvalue weighted by molar-refractivity contribution is 7.89. The standard InChI is InChI=1S/C23H28N2O3S.C4H4O4/c26-23-22-10-5-4-9-21(22)18-29(27,28)25(23)14-6-13-24-15-11-20(12-16-24)17-19-7-2-1-3-8-19;5-3(6)1-2-4(7)8/h1-5,7-10,20H,6,11-18H2;1-2H,(H,5,6)(H,7,8)/b;2-1+. The van der Waals surface area contributed by atoms with Gasteiger partial charge in [-0.15, -0.1) is 0 Å². The molecule has 2 aromatic rings. The number of likely N-dealkylation sites (tertiary alicyclic amines) is 1. The Kier molecular flexibility index (Phi) is 9.99. The van der Waals surface area contributed by atoms with Crippen LogP contribution in [0.4, 0.5) is 0 Å². The SMILES string of the molecule is O=C(O)/C=C/C(=O)O.O=C1c2ccccc2CS(=O)(=O)N1CCCN1CCC(Cc2ccccc2)CC1. The molecule has 10 heteroatoms. The summed E-state index contributed by atoms with van der Waals surface area (Å²) in [5.74, 6) is -2.26. The number of carboxylic acid groups (broad SMARTS) is 2. The molecule has 0 radical (unpaired) electrons. The fourth-order valence-corrected chi connectivity index (χ4v) is 6.13. The summed E-state index contributed by atoms with van der Waals surface area (Å²) < 4.78 is 26.2. The Balaban J connectivity index is 0.000000414. The van der Waals surface area contributed by atoms with Crippen LogP contribution in [0.5, 0.6) is 0 Å². The number of benzene rings is 2. The lowest BCUT2D eigenvalue weighted by atomic mass is 9.90. The number of aliphatic carboxylic acids is 2. The van der Waals surface area contributed by atoms with Gasteiger partial charge in [-0.1, -0.05) is 48.5 Å². The molecule has 0 bridgehead atoms. The number of amides is 1. The number of piperidine rings is 1. The van der Waals surface area contributed by atoms with Gasteiger partial charge in [-0.2, -0.15) is 0 Å². The molecule has 37 heavy (non-hydrogen) atoms. The molecule has 0 saturated carbocycles. The van der Waals surface area contributed by atoms with Gasteiger partial charge in [0.2, 0.25) is 10.0 Å². The number of rotatable bonds is 8. The number of hydrogen-bond acceptors (Lipinski definition) is 6. The number of nitrogens with zero attached hydrogens (tertiary/aromatic N) is 2. The van der Waals surface area contributed by atoms with E-state index in [-0.39, 0.29) is 18.2 Å². The molecule has 2 aliphatic rings. The van der Waals surface area contributed by atoms with Crippen molar-refractivity contribution in [1.82, 2.24) is 9.21 Å². The fraction of sp³-hybridized carbons (Fsp3) is 0.370. The molecule has 0 aromatic heterocycles. The number of sulfonamides is 1. The maximum atomic E-state index is 12.7. The number of carbonyl (C=O) groups is 3. The second-order valence-corrected chi connectivity index (χ2v) is 11.0. The third-order valence-electron chi connectivity index (χ3n) is 6.43. The van der Waals surface area contributed by atoms with Crippen LogP contribution in [0.2, 0.25) is 0 Å². The van der Waals surface area contributed by atoms with Crippen LogP contribution >= 0.6 is 0 Å². The molecule has 9 nitrogen and oxygen atoms in total. The lowest BCUT2D eigenvalue weighted by Gasteiger charge is -2.33. The normalized spacial score (nSPS) is 17.6. The van der Waals surface area contributed by atoms with E-state index in [1.54, 1.807) is 24.3 Å². The van der Waals surface area contributed by atoms with Crippen LogP contribution in [0.15, 0.2) is 66.7 Å². The summed E-state index contributed by atoms with van der Waals surface area (Å²) in [4.78, 5) is 34.2. The van der Waals surface area contributed by atoms with Gasteiger partial charge in [0.15, 0.2) is 0 Å². The molecule has 1 fully saturated rings. The van der Waals surface area contributed by atoms with Crippen LogP contribution < -0.4 is 0 Å². The van der Waals surface area contributed by atoms with E-state index in [4.69, 9.17) is 10.2 Å². The lowest BCUT2D eigenvalue weighted by molar-refractivity contribution is -0.134. The van der Waals surface area contributed by atoms with E-state index >= 15 is 0 Å². The maximum absolute atomic E-state index is 12.7. The van der Waals surface area contributed by atoms with Crippen LogP contribution in [0, 0.1) is 5.92 Å². The molecule has 2 N–H and O–H groups in total. The third-order valence-corrected chi connectivity index (χ3v) is 8.12. The molecule has 0 atom stereocenters. The Morgan fingerprint density at radius 1 is 0.892 bits per heavy atom. The van der Waals surface area contributed by atoms with Crippen LogP contribution in [0.25, 0.3) is 0 Å². The van der Waals surface area contributed by atoms with Gasteiger partial charge >= 0.3 is 11.9 Å². The highest BCUT2D eigenvalue weighted by Crippen LogP contribution is 2.25. The Morgan fingerprint density at radius 3 is 2.11 bits per heavy atom. The first kappa shape index (κ1) is 28.1. The van der Waals surface area contributed by atoms with Crippen molar-refractivity contribution >= 4 is 27.9 Å². The molecule has 1 amide bonds. The van der Waals surface area contributed by atoms with E-state index < -0.39 is 22.0 Å². The Bertz CT molecular complexity index is 1200. The van der Waals surface area contributed by atoms with Crippen molar-refractivity contribution in [3.05, 3.63) is 83.4 Å². The van der Waals surface area contributed by atoms with Gasteiger partial charge in [0.1, 0.15) is 0 Å². The minimum atomic E-state index is -3.57. The average molecular weight is 529 g/mol. The van der Waals surface area contributed by atoms with Crippen molar-refractivity contribution in [3.63, 3.8) is 0 Å². The fourth-order valence-electron chi connectivity index (χ4n) is 4.57. The predicted molar refractivity (Wildman–Crippen MR) is 138 cm³/mol. The summed E-state index contributed by atoms with van der Waals surface area (Å²) in [5, 5.41) is 15.6. The minimum Gasteiger partial charge on any atom is -0.478 e. The zero-order chi connectivity index (χ0) is 26.8. The molecule has 2 heterocycles. The van der Waals surface area contributed by atoms with E-state index in [0.29, 0.717) is 35.6 Å². The van der Waals surface area contributed by atoms with Gasteiger partial charge < -0.3 is 15.1 Å². The summed E-state index contributed by atoms with van der Waals surface area (Å²) in [7, 11) is -3.57. The maximum Gasteiger partial charge on any atom is 0.328 e. The van der Waals surface area contributed by atoms with Gasteiger partial charge in [0, 0.05) is 24.3 Å². The molecule has 2 aliphatic heterocycles. The van der Waals surface area contributed by atoms with Crippen LogP contribution in [0.3, 0.4) is 0 Å². The second kappa shape index (κ2) is 13.2. The molecule has 2 aromatic carbocycles. The molecular weight excluding hydrogens is 496 g/mol. The van der Waals surface area contributed by atoms with Crippen molar-refractivity contribution in [3.8, 4) is 0 Å². The predicted octanol–water partition coefficient (Wildman–Crippen LogP) is 3.03. The van der Waals surface area contributed by atoms with Crippen molar-refractivity contribution < 1.29 is 33.0 Å². The molecule has 4 rings (SSSR count). The number of fused-ring (bicyclic) bond motifs is 1. The van der Waals surface area contributed by atoms with Crippen molar-refractivity contribution in [2.24, 2.45) is 5.92 Å². The average Bonchev–Trinajstić information content (AvgIpc) is 2.86. The van der Waals surface area contributed by atoms with Gasteiger partial charge in [-0.05, 0) is 68.4 Å². The molecule has 198 valence electrons. The monoisotopic (exact) mass is 528 g/mol. The van der Waals surface area contributed by atoms with E-state index in [2.05, 4.69) is 35.2 Å². The summed E-state index contributed by atoms with van der Waals surface area (Å²) in [6.07, 6.45) is 5.27. The van der Waals surface area contributed by atoms with Gasteiger partial charge in [-0.3, -0.25) is 4.79 Å². The summed E-state index contributed by atoms with van der Waals surface area (Å²) in [5.41, 5.74) is 2.53. The number of carbonyl (C=O) groups excluding carboxylic acids is 1. The molecule has 1 saturated heterocycles. The zero-order valence-electron chi connectivity index (χ0n) is 20.5. The van der Waals surface area contributed by atoms with Crippen molar-refractivity contribution in [1.29, 1.82) is 0 Å². The van der Waals surface area contributed by atoms with E-state index in [0.717, 1.165) is 30.4 Å². The minimum absolute atomic E-state index is 0.0835. The highest BCUT2D eigenvalue weighted by Gasteiger charge is 2.35. The quantitative estimate of drug-likeness (QED) is 0.500. The summed E-state index contributed by atoms with van der Waals surface area (Å²) >= 11 is 0. The first-order valence-electron chi connectivity index (χ1n) is 12.2. The molecule has 0 unspecified atom stereocenters. The first-order valence-corrected chi connectivity index (χ1v) is 13.8. The van der Waals surface area contributed by atoms with Crippen LogP contribution in [-0.2, 0) is 31.8 Å². The summed E-state index contributed by atoms with van der Waals surface area (Å²) in [6, 6.07) is 17.6. The van der Waals surface area contributed by atoms with Gasteiger partial charge in [0.05, 0.1) is 5.75 Å². The highest BCUT2D eigenvalue weighted by atomic mass is 32.2. The lowest BCUT2D eigenvalue weighted by Crippen LogP contribution is -2.43. The second-order valence-electron chi connectivity index (χ2n) is 9.13. The third kappa shape index (κ3) is 8.54.